The molecule has 0 aliphatic heterocycles. The Labute approximate surface area is 75.4 Å². The lowest BCUT2D eigenvalue weighted by atomic mass is 9.82. The first kappa shape index (κ1) is 9.50. The van der Waals surface area contributed by atoms with Crippen molar-refractivity contribution in [1.29, 1.82) is 5.41 Å². The van der Waals surface area contributed by atoms with Gasteiger partial charge in [-0.2, -0.15) is 0 Å². The minimum atomic E-state index is 0.832. The largest absolute Gasteiger partial charge is 0.313 e. The van der Waals surface area contributed by atoms with Crippen molar-refractivity contribution in [2.45, 2.75) is 45.4 Å². The van der Waals surface area contributed by atoms with E-state index in [1.807, 2.05) is 0 Å². The summed E-state index contributed by atoms with van der Waals surface area (Å²) < 4.78 is 0. The molecular weight excluding hydrogens is 146 g/mol. The summed E-state index contributed by atoms with van der Waals surface area (Å²) in [4.78, 5) is 0. The van der Waals surface area contributed by atoms with Gasteiger partial charge >= 0.3 is 0 Å². The van der Waals surface area contributed by atoms with Crippen LogP contribution in [0.2, 0.25) is 0 Å². The SMILES string of the molecule is CCC1CCCC/C1=C/CC=N. The van der Waals surface area contributed by atoms with Crippen LogP contribution in [0.5, 0.6) is 0 Å². The van der Waals surface area contributed by atoms with Gasteiger partial charge < -0.3 is 5.41 Å². The summed E-state index contributed by atoms with van der Waals surface area (Å²) in [5.41, 5.74) is 1.62. The topological polar surface area (TPSA) is 23.9 Å². The van der Waals surface area contributed by atoms with E-state index in [4.69, 9.17) is 5.41 Å². The molecule has 1 rings (SSSR count). The van der Waals surface area contributed by atoms with Crippen molar-refractivity contribution in [3.63, 3.8) is 0 Å². The smallest absolute Gasteiger partial charge is 0.000260 e. The van der Waals surface area contributed by atoms with Crippen LogP contribution in [-0.2, 0) is 0 Å². The average molecular weight is 165 g/mol. The number of hydrogen-bond acceptors (Lipinski definition) is 1. The Morgan fingerprint density at radius 3 is 3.00 bits per heavy atom. The van der Waals surface area contributed by atoms with Gasteiger partial charge in [0.05, 0.1) is 0 Å². The average Bonchev–Trinajstić information content (AvgIpc) is 2.15. The Morgan fingerprint density at radius 1 is 1.50 bits per heavy atom. The van der Waals surface area contributed by atoms with Crippen LogP contribution in [0.4, 0.5) is 0 Å². The van der Waals surface area contributed by atoms with E-state index < -0.39 is 0 Å². The molecule has 1 fully saturated rings. The second-order valence-corrected chi connectivity index (χ2v) is 3.57. The van der Waals surface area contributed by atoms with Gasteiger partial charge in [-0.15, -0.1) is 0 Å². The van der Waals surface area contributed by atoms with Crippen LogP contribution >= 0.6 is 0 Å². The quantitative estimate of drug-likeness (QED) is 0.488. The van der Waals surface area contributed by atoms with Gasteiger partial charge in [-0.1, -0.05) is 25.0 Å². The van der Waals surface area contributed by atoms with Crippen LogP contribution in [-0.4, -0.2) is 6.21 Å². The van der Waals surface area contributed by atoms with E-state index in [9.17, 15) is 0 Å². The fourth-order valence-corrected chi connectivity index (χ4v) is 2.05. The Bertz CT molecular complexity index is 170. The van der Waals surface area contributed by atoms with Gasteiger partial charge in [0.25, 0.3) is 0 Å². The minimum Gasteiger partial charge on any atom is -0.313 e. The van der Waals surface area contributed by atoms with Crippen LogP contribution in [0.25, 0.3) is 0 Å². The molecular formula is C11H19N. The molecule has 0 spiro atoms. The summed E-state index contributed by atoms with van der Waals surface area (Å²) >= 11 is 0. The lowest BCUT2D eigenvalue weighted by Crippen LogP contribution is -2.08. The Hall–Kier alpha value is -0.590. The van der Waals surface area contributed by atoms with Crippen molar-refractivity contribution in [1.82, 2.24) is 0 Å². The van der Waals surface area contributed by atoms with E-state index in [0.717, 1.165) is 12.3 Å². The molecule has 1 atom stereocenters. The first-order valence-corrected chi connectivity index (χ1v) is 5.06. The summed E-state index contributed by atoms with van der Waals surface area (Å²) in [6, 6.07) is 0. The number of allylic oxidation sites excluding steroid dienone is 2. The lowest BCUT2D eigenvalue weighted by Gasteiger charge is -2.24. The molecule has 0 aromatic rings. The first-order chi connectivity index (χ1) is 5.88. The fraction of sp³-hybridized carbons (Fsp3) is 0.727. The van der Waals surface area contributed by atoms with E-state index in [1.54, 1.807) is 5.57 Å². The summed E-state index contributed by atoms with van der Waals surface area (Å²) in [7, 11) is 0. The number of hydrogen-bond donors (Lipinski definition) is 1. The Balaban J connectivity index is 2.51. The van der Waals surface area contributed by atoms with Gasteiger partial charge in [-0.25, -0.2) is 0 Å². The molecule has 1 heteroatoms. The maximum absolute atomic E-state index is 6.97. The second kappa shape index (κ2) is 5.13. The van der Waals surface area contributed by atoms with E-state index >= 15 is 0 Å². The third-order valence-corrected chi connectivity index (χ3v) is 2.78. The second-order valence-electron chi connectivity index (χ2n) is 3.57. The van der Waals surface area contributed by atoms with Crippen molar-refractivity contribution < 1.29 is 0 Å². The number of nitrogens with one attached hydrogen (secondary N) is 1. The van der Waals surface area contributed by atoms with E-state index in [1.165, 1.54) is 38.3 Å². The highest BCUT2D eigenvalue weighted by Gasteiger charge is 2.15. The zero-order chi connectivity index (χ0) is 8.81. The monoisotopic (exact) mass is 165 g/mol. The molecule has 1 unspecified atom stereocenters. The number of rotatable bonds is 3. The third kappa shape index (κ3) is 2.47. The van der Waals surface area contributed by atoms with Crippen molar-refractivity contribution >= 4 is 6.21 Å². The van der Waals surface area contributed by atoms with Crippen LogP contribution in [0, 0.1) is 11.3 Å². The minimum absolute atomic E-state index is 0.832. The predicted octanol–water partition coefficient (Wildman–Crippen LogP) is 3.55. The molecule has 0 saturated heterocycles. The van der Waals surface area contributed by atoms with Crippen LogP contribution in [0.1, 0.15) is 45.4 Å². The molecule has 1 saturated carbocycles. The van der Waals surface area contributed by atoms with E-state index in [-0.39, 0.29) is 0 Å². The molecule has 1 nitrogen and oxygen atoms in total. The van der Waals surface area contributed by atoms with E-state index in [0.29, 0.717) is 0 Å². The highest BCUT2D eigenvalue weighted by Crippen LogP contribution is 2.31. The van der Waals surface area contributed by atoms with Crippen molar-refractivity contribution in [2.24, 2.45) is 5.92 Å². The molecule has 1 N–H and O–H groups in total. The van der Waals surface area contributed by atoms with Crippen molar-refractivity contribution in [2.75, 3.05) is 0 Å². The third-order valence-electron chi connectivity index (χ3n) is 2.78. The van der Waals surface area contributed by atoms with Crippen LogP contribution in [0.3, 0.4) is 0 Å². The van der Waals surface area contributed by atoms with Gasteiger partial charge in [-0.05, 0) is 37.8 Å². The maximum Gasteiger partial charge on any atom is 0.000260 e. The highest BCUT2D eigenvalue weighted by atomic mass is 14.3. The fourth-order valence-electron chi connectivity index (χ4n) is 2.05. The lowest BCUT2D eigenvalue weighted by molar-refractivity contribution is 0.441. The molecule has 68 valence electrons. The first-order valence-electron chi connectivity index (χ1n) is 5.06. The Kier molecular flexibility index (Phi) is 4.06. The molecule has 0 radical (unpaired) electrons. The van der Waals surface area contributed by atoms with Gasteiger partial charge in [0.2, 0.25) is 0 Å². The standard InChI is InChI=1S/C11H19N/c1-2-10-6-3-4-7-11(10)8-5-9-12/h8-10,12H,2-7H2,1H3/b11-8-,12-9?. The zero-order valence-corrected chi connectivity index (χ0v) is 7.97. The molecule has 12 heavy (non-hydrogen) atoms. The van der Waals surface area contributed by atoms with E-state index in [2.05, 4.69) is 13.0 Å². The van der Waals surface area contributed by atoms with Crippen LogP contribution in [0.15, 0.2) is 11.6 Å². The zero-order valence-electron chi connectivity index (χ0n) is 7.97. The normalized spacial score (nSPS) is 27.4. The van der Waals surface area contributed by atoms with Gasteiger partial charge in [0.1, 0.15) is 0 Å². The molecule has 0 aromatic heterocycles. The van der Waals surface area contributed by atoms with Gasteiger partial charge in [0, 0.05) is 6.42 Å². The van der Waals surface area contributed by atoms with Gasteiger partial charge in [-0.3, -0.25) is 0 Å². The molecule has 1 aliphatic carbocycles. The van der Waals surface area contributed by atoms with Crippen molar-refractivity contribution in [3.05, 3.63) is 11.6 Å². The summed E-state index contributed by atoms with van der Waals surface area (Å²) in [6.07, 6.45) is 11.3. The van der Waals surface area contributed by atoms with Crippen LogP contribution < -0.4 is 0 Å². The highest BCUT2D eigenvalue weighted by molar-refractivity contribution is 5.55. The van der Waals surface area contributed by atoms with Gasteiger partial charge in [0.15, 0.2) is 0 Å². The maximum atomic E-state index is 6.97. The summed E-state index contributed by atoms with van der Waals surface area (Å²) in [5, 5.41) is 6.97. The predicted molar refractivity (Wildman–Crippen MR) is 53.7 cm³/mol. The molecule has 1 aliphatic rings. The molecule has 0 amide bonds. The van der Waals surface area contributed by atoms with Crippen molar-refractivity contribution in [3.8, 4) is 0 Å². The molecule has 0 bridgehead atoms. The Morgan fingerprint density at radius 2 is 2.33 bits per heavy atom. The molecule has 0 heterocycles. The summed E-state index contributed by atoms with van der Waals surface area (Å²) in [5.74, 6) is 0.832. The molecule has 0 aromatic carbocycles. The summed E-state index contributed by atoms with van der Waals surface area (Å²) in [6.45, 7) is 2.27.